The van der Waals surface area contributed by atoms with Gasteiger partial charge in [-0.15, -0.1) is 0 Å². The van der Waals surface area contributed by atoms with Gasteiger partial charge in [-0.1, -0.05) is 6.92 Å². The van der Waals surface area contributed by atoms with Gasteiger partial charge in [0.25, 0.3) is 0 Å². The monoisotopic (exact) mass is 132 g/mol. The van der Waals surface area contributed by atoms with E-state index >= 15 is 0 Å². The van der Waals surface area contributed by atoms with Crippen LogP contribution in [0.1, 0.15) is 6.92 Å². The van der Waals surface area contributed by atoms with Gasteiger partial charge in [0.2, 0.25) is 0 Å². The number of ether oxygens (including phenoxy) is 1. The zero-order valence-corrected chi connectivity index (χ0v) is 5.50. The molecule has 1 fully saturated rings. The molecule has 1 aliphatic rings. The summed E-state index contributed by atoms with van der Waals surface area (Å²) in [5.74, 6) is 0. The van der Waals surface area contributed by atoms with Gasteiger partial charge in [0, 0.05) is 5.41 Å². The van der Waals surface area contributed by atoms with Crippen LogP contribution in [0.25, 0.3) is 0 Å². The van der Waals surface area contributed by atoms with Crippen molar-refractivity contribution in [2.24, 2.45) is 5.41 Å². The Bertz CT molecular complexity index is 98.5. The standard InChI is InChI=1S/C6H12O3/c1-6(3-9-4-6)5(8)2-7/h5,7-8H,2-4H2,1H3. The number of rotatable bonds is 2. The molecule has 1 rings (SSSR count). The lowest BCUT2D eigenvalue weighted by Gasteiger charge is -2.41. The van der Waals surface area contributed by atoms with Crippen molar-refractivity contribution >= 4 is 0 Å². The minimum absolute atomic E-state index is 0.167. The smallest absolute Gasteiger partial charge is 0.0868 e. The maximum absolute atomic E-state index is 9.11. The van der Waals surface area contributed by atoms with E-state index in [0.717, 1.165) is 0 Å². The summed E-state index contributed by atoms with van der Waals surface area (Å²) in [6.07, 6.45) is -0.619. The van der Waals surface area contributed by atoms with E-state index in [1.165, 1.54) is 0 Å². The first-order valence-corrected chi connectivity index (χ1v) is 3.06. The Morgan fingerprint density at radius 3 is 2.33 bits per heavy atom. The molecule has 2 N–H and O–H groups in total. The van der Waals surface area contributed by atoms with Gasteiger partial charge in [-0.3, -0.25) is 0 Å². The van der Waals surface area contributed by atoms with E-state index in [-0.39, 0.29) is 12.0 Å². The quantitative estimate of drug-likeness (QED) is 0.526. The fourth-order valence-corrected chi connectivity index (χ4v) is 0.837. The third-order valence-corrected chi connectivity index (χ3v) is 1.84. The molecule has 0 amide bonds. The van der Waals surface area contributed by atoms with Gasteiger partial charge in [0.15, 0.2) is 0 Å². The highest BCUT2D eigenvalue weighted by molar-refractivity contribution is 4.87. The van der Waals surface area contributed by atoms with Gasteiger partial charge < -0.3 is 14.9 Å². The Kier molecular flexibility index (Phi) is 1.75. The summed E-state index contributed by atoms with van der Waals surface area (Å²) in [5.41, 5.74) is -0.186. The van der Waals surface area contributed by atoms with Gasteiger partial charge in [-0.25, -0.2) is 0 Å². The Labute approximate surface area is 54.3 Å². The Balaban J connectivity index is 2.38. The lowest BCUT2D eigenvalue weighted by molar-refractivity contribution is -0.170. The van der Waals surface area contributed by atoms with E-state index < -0.39 is 6.10 Å². The van der Waals surface area contributed by atoms with Crippen LogP contribution in [0.4, 0.5) is 0 Å². The molecule has 54 valence electrons. The Morgan fingerprint density at radius 2 is 2.22 bits per heavy atom. The first-order valence-electron chi connectivity index (χ1n) is 3.06. The molecular weight excluding hydrogens is 120 g/mol. The van der Waals surface area contributed by atoms with Crippen molar-refractivity contribution in [3.63, 3.8) is 0 Å². The van der Waals surface area contributed by atoms with Crippen LogP contribution in [-0.4, -0.2) is 36.1 Å². The Morgan fingerprint density at radius 1 is 1.67 bits per heavy atom. The molecule has 0 spiro atoms. The van der Waals surface area contributed by atoms with E-state index in [2.05, 4.69) is 0 Å². The molecule has 0 aromatic rings. The van der Waals surface area contributed by atoms with E-state index in [0.29, 0.717) is 13.2 Å². The van der Waals surface area contributed by atoms with Crippen molar-refractivity contribution < 1.29 is 14.9 Å². The first kappa shape index (κ1) is 6.99. The molecule has 0 saturated carbocycles. The molecule has 0 aromatic heterocycles. The average Bonchev–Trinajstić information content (AvgIpc) is 1.81. The third-order valence-electron chi connectivity index (χ3n) is 1.84. The van der Waals surface area contributed by atoms with Crippen LogP contribution in [0.3, 0.4) is 0 Å². The molecule has 1 aliphatic heterocycles. The molecule has 3 heteroatoms. The Hall–Kier alpha value is -0.120. The number of hydrogen-bond donors (Lipinski definition) is 2. The lowest BCUT2D eigenvalue weighted by Crippen LogP contribution is -2.50. The largest absolute Gasteiger partial charge is 0.394 e. The maximum Gasteiger partial charge on any atom is 0.0868 e. The number of aliphatic hydroxyl groups excluding tert-OH is 2. The van der Waals surface area contributed by atoms with Crippen LogP contribution < -0.4 is 0 Å². The average molecular weight is 132 g/mol. The molecular formula is C6H12O3. The van der Waals surface area contributed by atoms with E-state index in [1.54, 1.807) is 0 Å². The lowest BCUT2D eigenvalue weighted by atomic mass is 9.83. The van der Waals surface area contributed by atoms with Crippen LogP contribution in [0, 0.1) is 5.41 Å². The zero-order valence-electron chi connectivity index (χ0n) is 5.50. The topological polar surface area (TPSA) is 49.7 Å². The molecule has 1 heterocycles. The van der Waals surface area contributed by atoms with E-state index in [4.69, 9.17) is 14.9 Å². The van der Waals surface area contributed by atoms with Crippen molar-refractivity contribution in [3.05, 3.63) is 0 Å². The van der Waals surface area contributed by atoms with Gasteiger partial charge in [0.1, 0.15) is 0 Å². The third kappa shape index (κ3) is 1.08. The molecule has 0 bridgehead atoms. The molecule has 9 heavy (non-hydrogen) atoms. The fourth-order valence-electron chi connectivity index (χ4n) is 0.837. The predicted molar refractivity (Wildman–Crippen MR) is 32.0 cm³/mol. The molecule has 0 aliphatic carbocycles. The summed E-state index contributed by atoms with van der Waals surface area (Å²) in [7, 11) is 0. The predicted octanol–water partition coefficient (Wildman–Crippen LogP) is -0.624. The second kappa shape index (κ2) is 2.25. The highest BCUT2D eigenvalue weighted by Crippen LogP contribution is 2.30. The van der Waals surface area contributed by atoms with Crippen LogP contribution in [0.2, 0.25) is 0 Å². The fraction of sp³-hybridized carbons (Fsp3) is 1.00. The van der Waals surface area contributed by atoms with Gasteiger partial charge in [-0.2, -0.15) is 0 Å². The van der Waals surface area contributed by atoms with Crippen LogP contribution in [-0.2, 0) is 4.74 Å². The van der Waals surface area contributed by atoms with Crippen LogP contribution >= 0.6 is 0 Å². The summed E-state index contributed by atoms with van der Waals surface area (Å²) in [4.78, 5) is 0. The van der Waals surface area contributed by atoms with Gasteiger partial charge in [-0.05, 0) is 0 Å². The zero-order chi connectivity index (χ0) is 6.91. The number of aliphatic hydroxyl groups is 2. The van der Waals surface area contributed by atoms with Crippen molar-refractivity contribution in [2.75, 3.05) is 19.8 Å². The minimum atomic E-state index is -0.619. The summed E-state index contributed by atoms with van der Waals surface area (Å²) in [5, 5.41) is 17.6. The molecule has 1 atom stereocenters. The molecule has 1 saturated heterocycles. The van der Waals surface area contributed by atoms with Crippen molar-refractivity contribution in [3.8, 4) is 0 Å². The SMILES string of the molecule is CC1(C(O)CO)COC1. The summed E-state index contributed by atoms with van der Waals surface area (Å²) in [6, 6.07) is 0. The first-order chi connectivity index (χ1) is 4.19. The van der Waals surface area contributed by atoms with E-state index in [1.807, 2.05) is 6.92 Å². The van der Waals surface area contributed by atoms with Crippen LogP contribution in [0.5, 0.6) is 0 Å². The molecule has 0 radical (unpaired) electrons. The summed E-state index contributed by atoms with van der Waals surface area (Å²) in [6.45, 7) is 2.86. The molecule has 3 nitrogen and oxygen atoms in total. The maximum atomic E-state index is 9.11. The van der Waals surface area contributed by atoms with Crippen molar-refractivity contribution in [1.29, 1.82) is 0 Å². The van der Waals surface area contributed by atoms with Crippen LogP contribution in [0.15, 0.2) is 0 Å². The van der Waals surface area contributed by atoms with Crippen molar-refractivity contribution in [1.82, 2.24) is 0 Å². The minimum Gasteiger partial charge on any atom is -0.394 e. The van der Waals surface area contributed by atoms with E-state index in [9.17, 15) is 0 Å². The van der Waals surface area contributed by atoms with Gasteiger partial charge in [0.05, 0.1) is 25.9 Å². The van der Waals surface area contributed by atoms with Gasteiger partial charge >= 0.3 is 0 Å². The number of hydrogen-bond acceptors (Lipinski definition) is 3. The second-order valence-electron chi connectivity index (χ2n) is 2.85. The summed E-state index contributed by atoms with van der Waals surface area (Å²) >= 11 is 0. The highest BCUT2D eigenvalue weighted by Gasteiger charge is 2.39. The molecule has 0 aromatic carbocycles. The summed E-state index contributed by atoms with van der Waals surface area (Å²) < 4.78 is 4.89. The highest BCUT2D eigenvalue weighted by atomic mass is 16.5. The molecule has 1 unspecified atom stereocenters. The second-order valence-corrected chi connectivity index (χ2v) is 2.85. The normalized spacial score (nSPS) is 27.0. The van der Waals surface area contributed by atoms with Crippen molar-refractivity contribution in [2.45, 2.75) is 13.0 Å².